The molecule has 4 nitrogen and oxygen atoms in total. The highest BCUT2D eigenvalue weighted by Crippen LogP contribution is 2.35. The predicted molar refractivity (Wildman–Crippen MR) is 106 cm³/mol. The van der Waals surface area contributed by atoms with Gasteiger partial charge in [-0.05, 0) is 62.2 Å². The van der Waals surface area contributed by atoms with Gasteiger partial charge in [-0.3, -0.25) is 9.59 Å². The lowest BCUT2D eigenvalue weighted by molar-refractivity contribution is -0.153. The molecular weight excluding hydrogens is 384 g/mol. The van der Waals surface area contributed by atoms with Crippen LogP contribution in [0, 0.1) is 0 Å². The molecule has 0 N–H and O–H groups in total. The summed E-state index contributed by atoms with van der Waals surface area (Å²) in [5.41, 5.74) is 1.06. The zero-order valence-electron chi connectivity index (χ0n) is 15.2. The topological polar surface area (TPSA) is 56.5 Å². The molecule has 1 aromatic carbocycles. The predicted octanol–water partition coefficient (Wildman–Crippen LogP) is 5.78. The van der Waals surface area contributed by atoms with E-state index in [9.17, 15) is 9.59 Å². The minimum atomic E-state index is -0.569. The summed E-state index contributed by atoms with van der Waals surface area (Å²) in [6.45, 7) is 5.47. The van der Waals surface area contributed by atoms with Crippen molar-refractivity contribution in [2.45, 2.75) is 32.8 Å². The van der Waals surface area contributed by atoms with Gasteiger partial charge in [0.15, 0.2) is 5.76 Å². The Balaban J connectivity index is 1.97. The number of carbonyl (C=O) groups is 2. The molecule has 2 heterocycles. The van der Waals surface area contributed by atoms with Gasteiger partial charge in [0.1, 0.15) is 5.60 Å². The zero-order valence-corrected chi connectivity index (χ0v) is 16.8. The van der Waals surface area contributed by atoms with Crippen LogP contribution in [0.5, 0.6) is 0 Å². The highest BCUT2D eigenvalue weighted by molar-refractivity contribution is 7.17. The number of furan rings is 1. The Morgan fingerprint density at radius 1 is 1.15 bits per heavy atom. The maximum absolute atomic E-state index is 12.7. The molecule has 0 saturated heterocycles. The summed E-state index contributed by atoms with van der Waals surface area (Å²) >= 11 is 7.31. The highest BCUT2D eigenvalue weighted by Gasteiger charge is 2.23. The van der Waals surface area contributed by atoms with Crippen LogP contribution in [0.15, 0.2) is 53.1 Å². The number of thiophene rings is 1. The number of ketones is 1. The molecule has 0 aliphatic rings. The number of hydrogen-bond acceptors (Lipinski definition) is 5. The van der Waals surface area contributed by atoms with Crippen LogP contribution in [0.25, 0.3) is 10.4 Å². The molecule has 0 spiro atoms. The number of halogens is 1. The summed E-state index contributed by atoms with van der Waals surface area (Å²) in [5.74, 6) is -0.286. The van der Waals surface area contributed by atoms with E-state index in [0.717, 1.165) is 16.0 Å². The van der Waals surface area contributed by atoms with E-state index in [2.05, 4.69) is 0 Å². The smallest absolute Gasteiger partial charge is 0.310 e. The van der Waals surface area contributed by atoms with E-state index in [-0.39, 0.29) is 23.9 Å². The molecule has 0 aliphatic carbocycles. The van der Waals surface area contributed by atoms with E-state index in [1.807, 2.05) is 32.9 Å². The van der Waals surface area contributed by atoms with Gasteiger partial charge in [-0.15, -0.1) is 11.3 Å². The van der Waals surface area contributed by atoms with Gasteiger partial charge in [0.25, 0.3) is 0 Å². The van der Waals surface area contributed by atoms with E-state index in [0.29, 0.717) is 9.90 Å². The summed E-state index contributed by atoms with van der Waals surface area (Å²) in [4.78, 5) is 26.3. The molecule has 0 atom stereocenters. The third-order valence-electron chi connectivity index (χ3n) is 3.64. The van der Waals surface area contributed by atoms with E-state index >= 15 is 0 Å². The normalized spacial score (nSPS) is 11.4. The van der Waals surface area contributed by atoms with Gasteiger partial charge in [-0.2, -0.15) is 0 Å². The first kappa shape index (κ1) is 19.4. The standard InChI is InChI=1S/C21H19ClO4S/c1-21(2,3)26-18(23)12-14-11-17(19(24)16-5-4-10-25-16)27-20(14)13-6-8-15(22)9-7-13/h4-11H,12H2,1-3H3. The number of ether oxygens (including phenoxy) is 1. The first-order valence-electron chi connectivity index (χ1n) is 8.41. The largest absolute Gasteiger partial charge is 0.461 e. The van der Waals surface area contributed by atoms with Crippen LogP contribution in [-0.4, -0.2) is 17.4 Å². The summed E-state index contributed by atoms with van der Waals surface area (Å²) in [7, 11) is 0. The lowest BCUT2D eigenvalue weighted by atomic mass is 10.1. The fourth-order valence-corrected chi connectivity index (χ4v) is 3.84. The van der Waals surface area contributed by atoms with Crippen molar-refractivity contribution in [1.29, 1.82) is 0 Å². The minimum Gasteiger partial charge on any atom is -0.461 e. The van der Waals surface area contributed by atoms with E-state index in [1.165, 1.54) is 17.6 Å². The third-order valence-corrected chi connectivity index (χ3v) is 5.12. The Morgan fingerprint density at radius 3 is 2.44 bits per heavy atom. The van der Waals surface area contributed by atoms with Gasteiger partial charge in [0.05, 0.1) is 17.6 Å². The van der Waals surface area contributed by atoms with Gasteiger partial charge in [-0.25, -0.2) is 0 Å². The molecule has 27 heavy (non-hydrogen) atoms. The van der Waals surface area contributed by atoms with Crippen LogP contribution >= 0.6 is 22.9 Å². The summed E-state index contributed by atoms with van der Waals surface area (Å²) < 4.78 is 10.7. The molecule has 0 saturated carbocycles. The first-order chi connectivity index (χ1) is 12.7. The number of rotatable bonds is 5. The molecule has 0 bridgehead atoms. The van der Waals surface area contributed by atoms with Crippen molar-refractivity contribution in [2.24, 2.45) is 0 Å². The van der Waals surface area contributed by atoms with Crippen molar-refractivity contribution >= 4 is 34.7 Å². The second-order valence-corrected chi connectivity index (χ2v) is 8.53. The van der Waals surface area contributed by atoms with Crippen LogP contribution in [0.1, 0.15) is 41.8 Å². The maximum Gasteiger partial charge on any atom is 0.310 e. The van der Waals surface area contributed by atoms with Crippen LogP contribution in [0.2, 0.25) is 5.02 Å². The Morgan fingerprint density at radius 2 is 1.85 bits per heavy atom. The molecule has 0 aliphatic heterocycles. The van der Waals surface area contributed by atoms with Crippen LogP contribution in [0.3, 0.4) is 0 Å². The number of esters is 1. The highest BCUT2D eigenvalue weighted by atomic mass is 35.5. The Labute approximate surface area is 166 Å². The molecule has 0 fully saturated rings. The molecule has 3 aromatic rings. The van der Waals surface area contributed by atoms with E-state index in [1.54, 1.807) is 30.3 Å². The Bertz CT molecular complexity index is 947. The van der Waals surface area contributed by atoms with Crippen LogP contribution in [-0.2, 0) is 16.0 Å². The molecule has 140 valence electrons. The first-order valence-corrected chi connectivity index (χ1v) is 9.61. The van der Waals surface area contributed by atoms with Crippen molar-refractivity contribution in [3.8, 4) is 10.4 Å². The molecule has 0 unspecified atom stereocenters. The van der Waals surface area contributed by atoms with Crippen molar-refractivity contribution in [3.05, 3.63) is 70.0 Å². The second kappa shape index (κ2) is 7.71. The average Bonchev–Trinajstić information content (AvgIpc) is 3.23. The summed E-state index contributed by atoms with van der Waals surface area (Å²) in [6.07, 6.45) is 1.54. The van der Waals surface area contributed by atoms with Crippen molar-refractivity contribution in [2.75, 3.05) is 0 Å². The van der Waals surface area contributed by atoms with Gasteiger partial charge < -0.3 is 9.15 Å². The Kier molecular flexibility index (Phi) is 5.53. The summed E-state index contributed by atoms with van der Waals surface area (Å²) in [6, 6.07) is 12.3. The molecular formula is C21H19ClO4S. The fraction of sp³-hybridized carbons (Fsp3) is 0.238. The van der Waals surface area contributed by atoms with E-state index in [4.69, 9.17) is 20.8 Å². The fourth-order valence-electron chi connectivity index (χ4n) is 2.58. The van der Waals surface area contributed by atoms with Crippen molar-refractivity contribution in [3.63, 3.8) is 0 Å². The monoisotopic (exact) mass is 402 g/mol. The lowest BCUT2D eigenvalue weighted by Gasteiger charge is -2.19. The number of benzene rings is 1. The van der Waals surface area contributed by atoms with Crippen molar-refractivity contribution in [1.82, 2.24) is 0 Å². The third kappa shape index (κ3) is 4.87. The number of carbonyl (C=O) groups excluding carboxylic acids is 2. The molecule has 6 heteroatoms. The molecule has 3 rings (SSSR count). The van der Waals surface area contributed by atoms with Gasteiger partial charge in [0, 0.05) is 9.90 Å². The average molecular weight is 403 g/mol. The van der Waals surface area contributed by atoms with Crippen molar-refractivity contribution < 1.29 is 18.7 Å². The Hall–Kier alpha value is -2.37. The lowest BCUT2D eigenvalue weighted by Crippen LogP contribution is -2.24. The quantitative estimate of drug-likeness (QED) is 0.401. The zero-order chi connectivity index (χ0) is 19.6. The van der Waals surface area contributed by atoms with E-state index < -0.39 is 5.60 Å². The minimum absolute atomic E-state index is 0.0805. The van der Waals surface area contributed by atoms with Gasteiger partial charge in [-0.1, -0.05) is 23.7 Å². The summed E-state index contributed by atoms with van der Waals surface area (Å²) in [5, 5.41) is 0.621. The number of hydrogen-bond donors (Lipinski definition) is 0. The van der Waals surface area contributed by atoms with Crippen LogP contribution < -0.4 is 0 Å². The second-order valence-electron chi connectivity index (χ2n) is 7.04. The van der Waals surface area contributed by atoms with Gasteiger partial charge >= 0.3 is 5.97 Å². The SMILES string of the molecule is CC(C)(C)OC(=O)Cc1cc(C(=O)c2ccco2)sc1-c1ccc(Cl)cc1. The molecule has 0 radical (unpaired) electrons. The molecule has 2 aromatic heterocycles. The molecule has 0 amide bonds. The maximum atomic E-state index is 12.7. The van der Waals surface area contributed by atoms with Crippen LogP contribution in [0.4, 0.5) is 0 Å². The van der Waals surface area contributed by atoms with Gasteiger partial charge in [0.2, 0.25) is 5.78 Å².